The zero-order valence-corrected chi connectivity index (χ0v) is 8.43. The van der Waals surface area contributed by atoms with E-state index in [0.717, 1.165) is 18.7 Å². The number of nitrogens with zero attached hydrogens (tertiary/aromatic N) is 2. The van der Waals surface area contributed by atoms with Crippen molar-refractivity contribution in [3.05, 3.63) is 54.5 Å². The molecule has 1 aromatic carbocycles. The van der Waals surface area contributed by atoms with E-state index in [-0.39, 0.29) is 0 Å². The first kappa shape index (κ1) is 8.48. The predicted molar refractivity (Wildman–Crippen MR) is 60.5 cm³/mol. The zero-order chi connectivity index (χ0) is 10.1. The average Bonchev–Trinajstić information content (AvgIpc) is 2.74. The van der Waals surface area contributed by atoms with Crippen molar-refractivity contribution < 1.29 is 0 Å². The summed E-state index contributed by atoms with van der Waals surface area (Å²) in [6.45, 7) is 0.954. The van der Waals surface area contributed by atoms with Crippen molar-refractivity contribution in [2.45, 2.75) is 13.0 Å². The van der Waals surface area contributed by atoms with Crippen LogP contribution in [0.2, 0.25) is 0 Å². The van der Waals surface area contributed by atoms with E-state index in [2.05, 4.69) is 46.0 Å². The molecule has 3 rings (SSSR count). The second-order valence-electron chi connectivity index (χ2n) is 3.73. The lowest BCUT2D eigenvalue weighted by atomic mass is 10.1. The molecule has 15 heavy (non-hydrogen) atoms. The number of allylic oxidation sites excluding steroid dienone is 2. The van der Waals surface area contributed by atoms with E-state index in [4.69, 9.17) is 0 Å². The lowest BCUT2D eigenvalue weighted by molar-refractivity contribution is 0.752. The Morgan fingerprint density at radius 2 is 1.93 bits per heavy atom. The molecule has 0 radical (unpaired) electrons. The highest BCUT2D eigenvalue weighted by molar-refractivity contribution is 5.62. The first-order chi connectivity index (χ1) is 7.45. The molecular weight excluding hydrogens is 184 g/mol. The fraction of sp³-hybridized carbons (Fsp3) is 0.154. The van der Waals surface area contributed by atoms with Gasteiger partial charge in [-0.2, -0.15) is 0 Å². The van der Waals surface area contributed by atoms with Gasteiger partial charge in [-0.25, -0.2) is 4.98 Å². The Kier molecular flexibility index (Phi) is 1.91. The number of fused-ring (bicyclic) bond motifs is 1. The Bertz CT molecular complexity index is 495. The third-order valence-corrected chi connectivity index (χ3v) is 2.77. The van der Waals surface area contributed by atoms with Crippen LogP contribution in [0.5, 0.6) is 0 Å². The molecule has 0 spiro atoms. The minimum Gasteiger partial charge on any atom is -0.330 e. The molecule has 74 valence electrons. The summed E-state index contributed by atoms with van der Waals surface area (Å²) in [4.78, 5) is 4.49. The summed E-state index contributed by atoms with van der Waals surface area (Å²) in [6.07, 6.45) is 7.32. The van der Waals surface area contributed by atoms with E-state index in [1.807, 2.05) is 12.4 Å². The van der Waals surface area contributed by atoms with Crippen LogP contribution in [0.1, 0.15) is 5.69 Å². The lowest BCUT2D eigenvalue weighted by Gasteiger charge is -2.10. The molecule has 0 saturated carbocycles. The molecule has 0 aliphatic carbocycles. The molecule has 0 N–H and O–H groups in total. The van der Waals surface area contributed by atoms with Crippen molar-refractivity contribution in [2.24, 2.45) is 0 Å². The van der Waals surface area contributed by atoms with Crippen LogP contribution >= 0.6 is 0 Å². The van der Waals surface area contributed by atoms with Gasteiger partial charge in [-0.15, -0.1) is 0 Å². The molecule has 0 amide bonds. The summed E-state index contributed by atoms with van der Waals surface area (Å²) < 4.78 is 2.21. The van der Waals surface area contributed by atoms with Gasteiger partial charge in [0.15, 0.2) is 0 Å². The van der Waals surface area contributed by atoms with Gasteiger partial charge in [0.05, 0.1) is 12.0 Å². The largest absolute Gasteiger partial charge is 0.330 e. The minimum absolute atomic E-state index is 0.954. The van der Waals surface area contributed by atoms with Crippen molar-refractivity contribution >= 4 is 0 Å². The van der Waals surface area contributed by atoms with Crippen molar-refractivity contribution in [3.8, 4) is 11.3 Å². The maximum atomic E-state index is 4.49. The Hall–Kier alpha value is -1.83. The fourth-order valence-corrected chi connectivity index (χ4v) is 2.00. The number of benzene rings is 1. The van der Waals surface area contributed by atoms with Crippen molar-refractivity contribution in [1.82, 2.24) is 9.55 Å². The van der Waals surface area contributed by atoms with Crippen LogP contribution in [0.4, 0.5) is 0 Å². The molecule has 2 heterocycles. The molecule has 1 aliphatic rings. The van der Waals surface area contributed by atoms with Gasteiger partial charge in [0.1, 0.15) is 0 Å². The van der Waals surface area contributed by atoms with Gasteiger partial charge in [0, 0.05) is 24.2 Å². The number of rotatable bonds is 1. The zero-order valence-electron chi connectivity index (χ0n) is 8.43. The van der Waals surface area contributed by atoms with Gasteiger partial charge < -0.3 is 4.57 Å². The molecule has 1 aromatic heterocycles. The summed E-state index contributed by atoms with van der Waals surface area (Å²) in [5, 5.41) is 0. The van der Waals surface area contributed by atoms with Gasteiger partial charge in [0.25, 0.3) is 0 Å². The van der Waals surface area contributed by atoms with E-state index in [1.54, 1.807) is 0 Å². The van der Waals surface area contributed by atoms with Gasteiger partial charge in [-0.3, -0.25) is 0 Å². The molecule has 1 aliphatic heterocycles. The summed E-state index contributed by atoms with van der Waals surface area (Å²) in [5.74, 6) is 0. The van der Waals surface area contributed by atoms with Gasteiger partial charge in [0.2, 0.25) is 0 Å². The summed E-state index contributed by atoms with van der Waals surface area (Å²) in [7, 11) is 0. The Morgan fingerprint density at radius 3 is 2.80 bits per heavy atom. The van der Waals surface area contributed by atoms with Gasteiger partial charge in [-0.05, 0) is 0 Å². The van der Waals surface area contributed by atoms with Crippen LogP contribution in [0, 0.1) is 0 Å². The number of aromatic nitrogens is 2. The van der Waals surface area contributed by atoms with Crippen LogP contribution in [0.3, 0.4) is 0 Å². The lowest BCUT2D eigenvalue weighted by Crippen LogP contribution is -2.04. The van der Waals surface area contributed by atoms with Crippen molar-refractivity contribution in [3.63, 3.8) is 0 Å². The second-order valence-corrected chi connectivity index (χ2v) is 3.73. The van der Waals surface area contributed by atoms with E-state index < -0.39 is 0 Å². The summed E-state index contributed by atoms with van der Waals surface area (Å²) >= 11 is 0. The first-order valence-electron chi connectivity index (χ1n) is 5.19. The Balaban J connectivity index is 2.11. The quantitative estimate of drug-likeness (QED) is 0.641. The number of hydrogen-bond acceptors (Lipinski definition) is 1. The smallest absolute Gasteiger partial charge is 0.0959 e. The van der Waals surface area contributed by atoms with Crippen LogP contribution in [-0.2, 0) is 13.0 Å². The molecule has 2 heteroatoms. The standard InChI is InChI=1S/C13H12N2/c1-2-6-11(7-3-1)13-12-8-4-5-9-15(12)10-14-13/h1-7,10H,8-9H2. The maximum Gasteiger partial charge on any atom is 0.0959 e. The third-order valence-electron chi connectivity index (χ3n) is 2.77. The highest BCUT2D eigenvalue weighted by Gasteiger charge is 2.12. The van der Waals surface area contributed by atoms with Crippen molar-refractivity contribution in [1.29, 1.82) is 0 Å². The van der Waals surface area contributed by atoms with E-state index in [1.165, 1.54) is 11.3 Å². The predicted octanol–water partition coefficient (Wildman–Crippen LogP) is 2.66. The maximum absolute atomic E-state index is 4.49. The molecule has 2 aromatic rings. The fourth-order valence-electron chi connectivity index (χ4n) is 2.00. The summed E-state index contributed by atoms with van der Waals surface area (Å²) in [6, 6.07) is 10.4. The highest BCUT2D eigenvalue weighted by atomic mass is 15.1. The molecule has 0 atom stereocenters. The highest BCUT2D eigenvalue weighted by Crippen LogP contribution is 2.24. The van der Waals surface area contributed by atoms with Crippen LogP contribution < -0.4 is 0 Å². The normalized spacial score (nSPS) is 13.9. The Morgan fingerprint density at radius 1 is 1.07 bits per heavy atom. The molecule has 0 bridgehead atoms. The van der Waals surface area contributed by atoms with Gasteiger partial charge >= 0.3 is 0 Å². The minimum atomic E-state index is 0.954. The van der Waals surface area contributed by atoms with E-state index >= 15 is 0 Å². The second kappa shape index (κ2) is 3.39. The Labute approximate surface area is 88.9 Å². The monoisotopic (exact) mass is 196 g/mol. The van der Waals surface area contributed by atoms with Crippen LogP contribution in [-0.4, -0.2) is 9.55 Å². The van der Waals surface area contributed by atoms with Crippen molar-refractivity contribution in [2.75, 3.05) is 0 Å². The molecular formula is C13H12N2. The van der Waals surface area contributed by atoms with Gasteiger partial charge in [-0.1, -0.05) is 42.5 Å². The average molecular weight is 196 g/mol. The van der Waals surface area contributed by atoms with E-state index in [9.17, 15) is 0 Å². The summed E-state index contributed by atoms with van der Waals surface area (Å²) in [5.41, 5.74) is 3.66. The van der Waals surface area contributed by atoms with Crippen LogP contribution in [0.25, 0.3) is 11.3 Å². The molecule has 2 nitrogen and oxygen atoms in total. The number of imidazole rings is 1. The topological polar surface area (TPSA) is 17.8 Å². The molecule has 0 unspecified atom stereocenters. The van der Waals surface area contributed by atoms with Crippen LogP contribution in [0.15, 0.2) is 48.8 Å². The SMILES string of the molecule is C1=CCn2cnc(-c3ccccc3)c2C1. The third kappa shape index (κ3) is 1.38. The first-order valence-corrected chi connectivity index (χ1v) is 5.19. The molecule has 0 saturated heterocycles. The molecule has 0 fully saturated rings. The van der Waals surface area contributed by atoms with E-state index in [0.29, 0.717) is 0 Å². The number of hydrogen-bond donors (Lipinski definition) is 0.